The molecule has 0 spiro atoms. The van der Waals surface area contributed by atoms with Gasteiger partial charge in [0.2, 0.25) is 0 Å². The van der Waals surface area contributed by atoms with Crippen LogP contribution >= 0.6 is 0 Å². The summed E-state index contributed by atoms with van der Waals surface area (Å²) in [5, 5.41) is 40.2. The number of aromatic nitrogens is 8. The Morgan fingerprint density at radius 2 is 1.04 bits per heavy atom. The first-order chi connectivity index (χ1) is 36.3. The van der Waals surface area contributed by atoms with Gasteiger partial charge in [0.1, 0.15) is 11.6 Å². The topological polar surface area (TPSA) is 205 Å². The van der Waals surface area contributed by atoms with E-state index in [9.17, 15) is 25.2 Å². The lowest BCUT2D eigenvalue weighted by Crippen LogP contribution is -2.33. The Labute approximate surface area is 428 Å². The monoisotopic (exact) mass is 984 g/mol. The van der Waals surface area contributed by atoms with Crippen LogP contribution in [0.1, 0.15) is 115 Å². The first-order valence-corrected chi connectivity index (χ1v) is 25.9. The molecule has 2 saturated carbocycles. The molecule has 372 valence electrons. The molecule has 0 bridgehead atoms. The summed E-state index contributed by atoms with van der Waals surface area (Å²) in [7, 11) is 0. The predicted octanol–water partition coefficient (Wildman–Crippen LogP) is 10.9. The molecule has 0 atom stereocenters. The predicted molar refractivity (Wildman–Crippen MR) is 281 cm³/mol. The highest BCUT2D eigenvalue weighted by atomic mass is 16.5. The second-order valence-corrected chi connectivity index (χ2v) is 19.6. The smallest absolute Gasteiger partial charge is 0.357 e. The van der Waals surface area contributed by atoms with Crippen molar-refractivity contribution in [3.63, 3.8) is 0 Å². The number of benzene rings is 2. The minimum Gasteiger partial charge on any atom is -0.477 e. The summed E-state index contributed by atoms with van der Waals surface area (Å²) < 4.78 is 8.98. The normalized spacial score (nSPS) is 16.4. The number of aromatic carboxylic acids is 1. The molecular formula is C58H56N12O4. The van der Waals surface area contributed by atoms with Crippen molar-refractivity contribution in [2.75, 3.05) is 42.6 Å². The number of pyridine rings is 4. The second-order valence-electron chi connectivity index (χ2n) is 19.6. The van der Waals surface area contributed by atoms with Gasteiger partial charge in [-0.1, -0.05) is 49.2 Å². The van der Waals surface area contributed by atoms with E-state index in [-0.39, 0.29) is 29.8 Å². The molecule has 1 N–H and O–H groups in total. The Hall–Kier alpha value is -8.50. The van der Waals surface area contributed by atoms with E-state index in [1.54, 1.807) is 17.7 Å². The third-order valence-corrected chi connectivity index (χ3v) is 15.1. The van der Waals surface area contributed by atoms with Gasteiger partial charge < -0.3 is 19.6 Å². The fraction of sp³-hybridized carbons (Fsp3) is 0.345. The summed E-state index contributed by atoms with van der Waals surface area (Å²) >= 11 is 0. The number of hydrogen-bond donors (Lipinski definition) is 1. The Morgan fingerprint density at radius 3 is 1.41 bits per heavy atom. The fourth-order valence-electron chi connectivity index (χ4n) is 10.5. The quantitative estimate of drug-likeness (QED) is 0.120. The molecule has 0 radical (unpaired) electrons. The van der Waals surface area contributed by atoms with E-state index in [1.165, 1.54) is 12.8 Å². The number of para-hydroxylation sites is 2. The van der Waals surface area contributed by atoms with Crippen molar-refractivity contribution in [2.45, 2.75) is 83.0 Å². The Morgan fingerprint density at radius 1 is 0.608 bits per heavy atom. The van der Waals surface area contributed by atoms with Gasteiger partial charge in [0.25, 0.3) is 0 Å². The van der Waals surface area contributed by atoms with Crippen LogP contribution in [0, 0.1) is 34.5 Å². The Balaban J connectivity index is 0.000000159. The highest BCUT2D eigenvalue weighted by molar-refractivity contribution is 6.02. The lowest BCUT2D eigenvalue weighted by molar-refractivity contribution is 0.0519. The summed E-state index contributed by atoms with van der Waals surface area (Å²) in [5.41, 5.74) is 8.64. The van der Waals surface area contributed by atoms with E-state index in [0.717, 1.165) is 145 Å². The van der Waals surface area contributed by atoms with Gasteiger partial charge in [0.05, 0.1) is 52.3 Å². The zero-order valence-electron chi connectivity index (χ0n) is 41.3. The number of ether oxygens (including phenoxy) is 1. The number of nitriles is 2. The Kier molecular flexibility index (Phi) is 13.5. The summed E-state index contributed by atoms with van der Waals surface area (Å²) in [4.78, 5) is 48.3. The zero-order chi connectivity index (χ0) is 50.7. The van der Waals surface area contributed by atoms with Crippen molar-refractivity contribution in [3.05, 3.63) is 132 Å². The maximum atomic E-state index is 12.9. The van der Waals surface area contributed by atoms with Crippen LogP contribution < -0.4 is 9.80 Å². The van der Waals surface area contributed by atoms with E-state index in [1.807, 2.05) is 102 Å². The molecule has 8 heterocycles. The zero-order valence-corrected chi connectivity index (χ0v) is 41.3. The molecule has 0 unspecified atom stereocenters. The van der Waals surface area contributed by atoms with E-state index < -0.39 is 11.9 Å². The van der Waals surface area contributed by atoms with Gasteiger partial charge in [0.15, 0.2) is 22.7 Å². The number of nitrogens with zero attached hydrogens (tertiary/aromatic N) is 12. The van der Waals surface area contributed by atoms with Gasteiger partial charge in [-0.15, -0.1) is 0 Å². The standard InChI is InChI=1S/C30H30N6O2.C28H26N6O2/c1-2-38-30(37)25-17-24(22-11-12-26(32-19-22)35-15-13-20(18-31)14-16-35)27-28(21-7-6-8-21)34-36(29(27)33-25)23-9-4-3-5-10-23;29-16-18-11-13-33(14-12-18)24-10-9-20(17-30-24)22-15-23(28(35)36)31-27-25(22)26(19-5-4-6-19)32-34(27)21-7-2-1-3-8-21/h3-5,9-12,17,19-21H,2,6-8,13-16H2,1H3;1-3,7-10,15,17-19H,4-6,11-14H2,(H,35,36). The molecule has 74 heavy (non-hydrogen) atoms. The van der Waals surface area contributed by atoms with Crippen molar-refractivity contribution in [1.82, 2.24) is 39.5 Å². The van der Waals surface area contributed by atoms with E-state index in [4.69, 9.17) is 29.9 Å². The first-order valence-electron chi connectivity index (χ1n) is 25.9. The summed E-state index contributed by atoms with van der Waals surface area (Å²) in [6, 6.07) is 36.0. The van der Waals surface area contributed by atoms with Crippen molar-refractivity contribution >= 4 is 45.6 Å². The average molecular weight is 985 g/mol. The molecule has 4 fully saturated rings. The van der Waals surface area contributed by atoms with Crippen LogP contribution in [-0.2, 0) is 4.74 Å². The molecule has 4 aliphatic rings. The highest BCUT2D eigenvalue weighted by Crippen LogP contribution is 2.45. The second kappa shape index (κ2) is 20.9. The van der Waals surface area contributed by atoms with Crippen LogP contribution in [0.15, 0.2) is 109 Å². The molecule has 12 rings (SSSR count). The van der Waals surface area contributed by atoms with Gasteiger partial charge >= 0.3 is 11.9 Å². The minimum atomic E-state index is -1.07. The number of carbonyl (C=O) groups excluding carboxylic acids is 1. The van der Waals surface area contributed by atoms with Gasteiger partial charge in [-0.3, -0.25) is 0 Å². The SMILES string of the molecule is CCOC(=O)c1cc(-c2ccc(N3CCC(C#N)CC3)nc2)c2c(C3CCC3)nn(-c3ccccc3)c2n1.N#CC1CCN(c2ccc(-c3cc(C(=O)O)nc4c3c(C3CCC3)nn4-c3ccccc3)cn2)CC1. The lowest BCUT2D eigenvalue weighted by Gasteiger charge is -2.30. The molecule has 2 aliphatic heterocycles. The van der Waals surface area contributed by atoms with E-state index >= 15 is 0 Å². The van der Waals surface area contributed by atoms with Crippen LogP contribution in [0.4, 0.5) is 11.6 Å². The molecule has 0 amide bonds. The minimum absolute atomic E-state index is 0.0163. The summed E-state index contributed by atoms with van der Waals surface area (Å²) in [6.07, 6.45) is 13.8. The van der Waals surface area contributed by atoms with Crippen molar-refractivity contribution < 1.29 is 19.4 Å². The fourth-order valence-corrected chi connectivity index (χ4v) is 10.5. The van der Waals surface area contributed by atoms with Gasteiger partial charge in [-0.05, 0) is 130 Å². The number of esters is 1. The molecular weight excluding hydrogens is 929 g/mol. The number of fused-ring (bicyclic) bond motifs is 2. The van der Waals surface area contributed by atoms with Crippen molar-refractivity contribution in [2.24, 2.45) is 11.8 Å². The molecule has 8 aromatic rings. The third-order valence-electron chi connectivity index (χ3n) is 15.1. The lowest BCUT2D eigenvalue weighted by atomic mass is 9.81. The first kappa shape index (κ1) is 47.8. The summed E-state index contributed by atoms with van der Waals surface area (Å²) in [6.45, 7) is 5.34. The van der Waals surface area contributed by atoms with Crippen LogP contribution in [-0.4, -0.2) is 89.3 Å². The highest BCUT2D eigenvalue weighted by Gasteiger charge is 2.32. The van der Waals surface area contributed by atoms with Gasteiger partial charge in [-0.2, -0.15) is 20.7 Å². The van der Waals surface area contributed by atoms with Crippen molar-refractivity contribution in [1.29, 1.82) is 10.5 Å². The number of carboxylic acid groups (broad SMARTS) is 1. The average Bonchev–Trinajstić information content (AvgIpc) is 4.02. The number of hydrogen-bond acceptors (Lipinski definition) is 13. The number of anilines is 2. The Bertz CT molecular complexity index is 3410. The summed E-state index contributed by atoms with van der Waals surface area (Å²) in [5.74, 6) is 1.20. The molecule has 2 aromatic carbocycles. The van der Waals surface area contributed by atoms with E-state index in [0.29, 0.717) is 23.1 Å². The number of carbonyl (C=O) groups is 2. The van der Waals surface area contributed by atoms with Gasteiger partial charge in [0, 0.05) is 73.4 Å². The maximum Gasteiger partial charge on any atom is 0.357 e. The maximum absolute atomic E-state index is 12.9. The van der Waals surface area contributed by atoms with Crippen LogP contribution in [0.25, 0.3) is 55.7 Å². The van der Waals surface area contributed by atoms with Crippen LogP contribution in [0.2, 0.25) is 0 Å². The van der Waals surface area contributed by atoms with Crippen LogP contribution in [0.5, 0.6) is 0 Å². The third kappa shape index (κ3) is 9.39. The van der Waals surface area contributed by atoms with Crippen LogP contribution in [0.3, 0.4) is 0 Å². The molecule has 2 aliphatic carbocycles. The molecule has 16 nitrogen and oxygen atoms in total. The van der Waals surface area contributed by atoms with Gasteiger partial charge in [-0.25, -0.2) is 38.9 Å². The molecule has 2 saturated heterocycles. The molecule has 16 heteroatoms. The number of piperidine rings is 2. The van der Waals surface area contributed by atoms with Crippen molar-refractivity contribution in [3.8, 4) is 45.8 Å². The number of carboxylic acids is 1. The largest absolute Gasteiger partial charge is 0.477 e. The molecule has 6 aromatic heterocycles. The van der Waals surface area contributed by atoms with E-state index in [2.05, 4.69) is 33.0 Å². The number of rotatable bonds is 11.